The summed E-state index contributed by atoms with van der Waals surface area (Å²) in [5, 5.41) is 15.6. The predicted octanol–water partition coefficient (Wildman–Crippen LogP) is 4.72. The number of carbonyl (C=O) groups excluding carboxylic acids is 1. The van der Waals surface area contributed by atoms with Crippen LogP contribution >= 0.6 is 15.9 Å². The van der Waals surface area contributed by atoms with E-state index in [1.807, 2.05) is 0 Å². The minimum atomic E-state index is -0.999. The fourth-order valence-corrected chi connectivity index (χ4v) is 4.20. The monoisotopic (exact) mass is 449 g/mol. The number of carbonyl (C=O) groups is 2. The number of Topliss-reactive ketones (excluding diaryl/α,β-unsaturated/α-hetero) is 1. The normalized spacial score (nSPS) is 22.1. The first kappa shape index (κ1) is 19.1. The molecule has 6 nitrogen and oxygen atoms in total. The quantitative estimate of drug-likeness (QED) is 0.574. The van der Waals surface area contributed by atoms with Crippen molar-refractivity contribution < 1.29 is 19.1 Å². The summed E-state index contributed by atoms with van der Waals surface area (Å²) in [5.41, 5.74) is 1.76. The minimum Gasteiger partial charge on any atom is -0.465 e. The van der Waals surface area contributed by atoms with Crippen molar-refractivity contribution in [2.45, 2.75) is 50.6 Å². The lowest BCUT2D eigenvalue weighted by molar-refractivity contribution is 0.0968. The number of hydrogen-bond donors (Lipinski definition) is 3. The molecule has 2 saturated carbocycles. The summed E-state index contributed by atoms with van der Waals surface area (Å²) in [6.45, 7) is 0. The third-order valence-corrected chi connectivity index (χ3v) is 6.13. The number of rotatable bonds is 5. The Kier molecular flexibility index (Phi) is 5.23. The van der Waals surface area contributed by atoms with E-state index in [4.69, 9.17) is 5.11 Å². The Bertz CT molecular complexity index is 940. The molecule has 0 unspecified atom stereocenters. The number of ketones is 1. The first-order valence-corrected chi connectivity index (χ1v) is 10.3. The molecule has 0 atom stereocenters. The zero-order valence-corrected chi connectivity index (χ0v) is 16.8. The molecule has 0 radical (unpaired) electrons. The van der Waals surface area contributed by atoms with Crippen LogP contribution in [0.4, 0.5) is 14.9 Å². The number of hydrogen-bond acceptors (Lipinski definition) is 4. The third kappa shape index (κ3) is 3.97. The molecule has 0 aliphatic heterocycles. The van der Waals surface area contributed by atoms with Crippen molar-refractivity contribution in [1.82, 2.24) is 10.3 Å². The molecule has 1 amide bonds. The van der Waals surface area contributed by atoms with Gasteiger partial charge in [-0.2, -0.15) is 0 Å². The van der Waals surface area contributed by atoms with Crippen LogP contribution in [0.15, 0.2) is 22.8 Å². The number of pyridine rings is 1. The van der Waals surface area contributed by atoms with Crippen LogP contribution < -0.4 is 10.6 Å². The first-order valence-electron chi connectivity index (χ1n) is 9.50. The summed E-state index contributed by atoms with van der Waals surface area (Å²) < 4.78 is 14.3. The molecule has 2 aliphatic carbocycles. The standard InChI is InChI=1S/C20H21BrFN3O3/c21-15-7-13-17(8-16(15)22)23-9-14(19(26)10-1-2-10)18(13)24-11-3-5-12(6-4-11)25-20(27)28/h7-12,25H,1-6H2,(H,23,24)(H,27,28)/t11-,12-. The second kappa shape index (κ2) is 7.66. The van der Waals surface area contributed by atoms with E-state index in [0.29, 0.717) is 26.6 Å². The lowest BCUT2D eigenvalue weighted by Gasteiger charge is -2.30. The minimum absolute atomic E-state index is 0.0412. The Morgan fingerprint density at radius 3 is 2.43 bits per heavy atom. The van der Waals surface area contributed by atoms with E-state index in [1.165, 1.54) is 6.07 Å². The van der Waals surface area contributed by atoms with Gasteiger partial charge in [-0.05, 0) is 60.5 Å². The number of halogens is 2. The van der Waals surface area contributed by atoms with E-state index in [1.54, 1.807) is 12.3 Å². The summed E-state index contributed by atoms with van der Waals surface area (Å²) in [6, 6.07) is 3.11. The van der Waals surface area contributed by atoms with Crippen LogP contribution in [0.5, 0.6) is 0 Å². The molecule has 28 heavy (non-hydrogen) atoms. The molecule has 148 valence electrons. The van der Waals surface area contributed by atoms with Gasteiger partial charge in [-0.15, -0.1) is 0 Å². The number of carboxylic acid groups (broad SMARTS) is 1. The Morgan fingerprint density at radius 1 is 1.11 bits per heavy atom. The molecule has 1 aromatic heterocycles. The maximum atomic E-state index is 14.0. The number of fused-ring (bicyclic) bond motifs is 1. The van der Waals surface area contributed by atoms with E-state index in [9.17, 15) is 14.0 Å². The van der Waals surface area contributed by atoms with Gasteiger partial charge in [0, 0.05) is 35.7 Å². The molecule has 0 bridgehead atoms. The van der Waals surface area contributed by atoms with Gasteiger partial charge in [-0.1, -0.05) is 0 Å². The second-order valence-corrected chi connectivity index (χ2v) is 8.47. The van der Waals surface area contributed by atoms with E-state index in [2.05, 4.69) is 31.5 Å². The maximum absolute atomic E-state index is 14.0. The SMILES string of the molecule is O=C(O)N[C@H]1CC[C@H](Nc2c(C(=O)C3CC3)cnc3cc(F)c(Br)cc23)CC1. The van der Waals surface area contributed by atoms with Gasteiger partial charge in [0.2, 0.25) is 0 Å². The summed E-state index contributed by atoms with van der Waals surface area (Å²) in [4.78, 5) is 27.9. The zero-order valence-electron chi connectivity index (χ0n) is 15.2. The highest BCUT2D eigenvalue weighted by atomic mass is 79.9. The van der Waals surface area contributed by atoms with Gasteiger partial charge < -0.3 is 15.7 Å². The highest BCUT2D eigenvalue weighted by Crippen LogP contribution is 2.38. The van der Waals surface area contributed by atoms with Crippen LogP contribution in [0.2, 0.25) is 0 Å². The smallest absolute Gasteiger partial charge is 0.404 e. The topological polar surface area (TPSA) is 91.3 Å². The fraction of sp³-hybridized carbons (Fsp3) is 0.450. The zero-order chi connectivity index (χ0) is 19.8. The predicted molar refractivity (Wildman–Crippen MR) is 107 cm³/mol. The Labute approximate surface area is 170 Å². The Morgan fingerprint density at radius 2 is 1.79 bits per heavy atom. The summed E-state index contributed by atoms with van der Waals surface area (Å²) >= 11 is 3.23. The number of nitrogens with zero attached hydrogens (tertiary/aromatic N) is 1. The molecular formula is C20H21BrFN3O3. The van der Waals surface area contributed by atoms with Crippen molar-refractivity contribution >= 4 is 44.4 Å². The van der Waals surface area contributed by atoms with Crippen LogP contribution in [-0.4, -0.2) is 34.1 Å². The van der Waals surface area contributed by atoms with Crippen molar-refractivity contribution in [3.8, 4) is 0 Å². The molecule has 2 fully saturated rings. The van der Waals surface area contributed by atoms with E-state index in [0.717, 1.165) is 38.5 Å². The van der Waals surface area contributed by atoms with Crippen LogP contribution in [0.1, 0.15) is 48.9 Å². The summed E-state index contributed by atoms with van der Waals surface area (Å²) in [5.74, 6) is -0.259. The van der Waals surface area contributed by atoms with Gasteiger partial charge in [-0.3, -0.25) is 9.78 Å². The molecule has 0 spiro atoms. The average Bonchev–Trinajstić information content (AvgIpc) is 3.49. The lowest BCUT2D eigenvalue weighted by Crippen LogP contribution is -2.39. The van der Waals surface area contributed by atoms with Crippen LogP contribution in [0.25, 0.3) is 10.9 Å². The number of aromatic nitrogens is 1. The van der Waals surface area contributed by atoms with E-state index < -0.39 is 11.9 Å². The fourth-order valence-electron chi connectivity index (χ4n) is 3.86. The number of amides is 1. The van der Waals surface area contributed by atoms with Crippen molar-refractivity contribution in [2.24, 2.45) is 5.92 Å². The summed E-state index contributed by atoms with van der Waals surface area (Å²) in [7, 11) is 0. The highest BCUT2D eigenvalue weighted by molar-refractivity contribution is 9.10. The molecule has 2 aromatic rings. The van der Waals surface area contributed by atoms with Gasteiger partial charge in [0.15, 0.2) is 5.78 Å². The maximum Gasteiger partial charge on any atom is 0.404 e. The number of anilines is 1. The average molecular weight is 450 g/mol. The van der Waals surface area contributed by atoms with Gasteiger partial charge in [0.1, 0.15) is 5.82 Å². The largest absolute Gasteiger partial charge is 0.465 e. The first-order chi connectivity index (χ1) is 13.4. The van der Waals surface area contributed by atoms with E-state index >= 15 is 0 Å². The molecule has 4 rings (SSSR count). The lowest BCUT2D eigenvalue weighted by atomic mass is 9.90. The van der Waals surface area contributed by atoms with Crippen LogP contribution in [-0.2, 0) is 0 Å². The summed E-state index contributed by atoms with van der Waals surface area (Å²) in [6.07, 6.45) is 5.39. The van der Waals surface area contributed by atoms with Crippen molar-refractivity contribution in [3.63, 3.8) is 0 Å². The van der Waals surface area contributed by atoms with Crippen molar-refractivity contribution in [2.75, 3.05) is 5.32 Å². The molecule has 1 heterocycles. The third-order valence-electron chi connectivity index (χ3n) is 5.53. The van der Waals surface area contributed by atoms with Crippen LogP contribution in [0, 0.1) is 11.7 Å². The molecular weight excluding hydrogens is 429 g/mol. The van der Waals surface area contributed by atoms with Gasteiger partial charge in [-0.25, -0.2) is 9.18 Å². The molecule has 2 aliphatic rings. The van der Waals surface area contributed by atoms with Crippen LogP contribution in [0.3, 0.4) is 0 Å². The molecule has 0 saturated heterocycles. The van der Waals surface area contributed by atoms with Gasteiger partial charge >= 0.3 is 6.09 Å². The van der Waals surface area contributed by atoms with Crippen molar-refractivity contribution in [1.29, 1.82) is 0 Å². The number of benzene rings is 1. The Hall–Kier alpha value is -2.22. The molecule has 8 heteroatoms. The van der Waals surface area contributed by atoms with E-state index in [-0.39, 0.29) is 23.8 Å². The second-order valence-electron chi connectivity index (χ2n) is 7.61. The molecule has 3 N–H and O–H groups in total. The van der Waals surface area contributed by atoms with Gasteiger partial charge in [0.25, 0.3) is 0 Å². The highest BCUT2D eigenvalue weighted by Gasteiger charge is 2.33. The molecule has 1 aromatic carbocycles. The van der Waals surface area contributed by atoms with Gasteiger partial charge in [0.05, 0.1) is 21.2 Å². The van der Waals surface area contributed by atoms with Crippen molar-refractivity contribution in [3.05, 3.63) is 34.2 Å². The Balaban J connectivity index is 1.64. The number of nitrogens with one attached hydrogen (secondary N) is 2.